The number of pyridine rings is 1. The third-order valence-electron chi connectivity index (χ3n) is 3.53. The average molecular weight is 350 g/mol. The van der Waals surface area contributed by atoms with E-state index in [9.17, 15) is 27.6 Å². The number of benzene rings is 1. The van der Waals surface area contributed by atoms with Crippen LogP contribution in [0.3, 0.4) is 0 Å². The summed E-state index contributed by atoms with van der Waals surface area (Å²) >= 11 is 0. The van der Waals surface area contributed by atoms with Gasteiger partial charge in [0.1, 0.15) is 5.69 Å². The number of alkyl halides is 3. The molecule has 0 radical (unpaired) electrons. The maximum absolute atomic E-state index is 12.6. The summed E-state index contributed by atoms with van der Waals surface area (Å²) in [4.78, 5) is 44.4. The van der Waals surface area contributed by atoms with E-state index >= 15 is 0 Å². The molecule has 0 saturated heterocycles. The fraction of sp³-hybridized carbons (Fsp3) is 0.125. The smallest absolute Gasteiger partial charge is 0.324 e. The van der Waals surface area contributed by atoms with Gasteiger partial charge in [0.2, 0.25) is 0 Å². The number of hydroxylamine groups is 2. The van der Waals surface area contributed by atoms with Crippen molar-refractivity contribution in [2.75, 3.05) is 0 Å². The van der Waals surface area contributed by atoms with Gasteiger partial charge in [0.15, 0.2) is 0 Å². The topological polar surface area (TPSA) is 76.6 Å². The first-order chi connectivity index (χ1) is 11.7. The second-order valence-electron chi connectivity index (χ2n) is 5.16. The summed E-state index contributed by atoms with van der Waals surface area (Å²) in [5, 5.41) is 0.282. The largest absolute Gasteiger partial charge is 0.433 e. The highest BCUT2D eigenvalue weighted by Gasteiger charge is 2.39. The molecule has 3 rings (SSSR count). The number of carbonyl (C=O) groups excluding carboxylic acids is 3. The van der Waals surface area contributed by atoms with Gasteiger partial charge in [-0.3, -0.25) is 9.59 Å². The lowest BCUT2D eigenvalue weighted by atomic mass is 10.1. The summed E-state index contributed by atoms with van der Waals surface area (Å²) in [7, 11) is 0. The minimum absolute atomic E-state index is 0.0718. The van der Waals surface area contributed by atoms with Crippen molar-refractivity contribution in [3.05, 3.63) is 64.5 Å². The Labute approximate surface area is 138 Å². The lowest BCUT2D eigenvalue weighted by molar-refractivity contribution is -0.141. The molecule has 6 nitrogen and oxygen atoms in total. The first-order valence-electron chi connectivity index (χ1n) is 6.95. The lowest BCUT2D eigenvalue weighted by Crippen LogP contribution is -2.33. The molecular weight excluding hydrogens is 341 g/mol. The van der Waals surface area contributed by atoms with Crippen LogP contribution < -0.4 is 0 Å². The van der Waals surface area contributed by atoms with Gasteiger partial charge >= 0.3 is 12.1 Å². The Morgan fingerprint density at radius 3 is 2.08 bits per heavy atom. The van der Waals surface area contributed by atoms with Crippen LogP contribution in [0.15, 0.2) is 36.4 Å². The second-order valence-corrected chi connectivity index (χ2v) is 5.16. The van der Waals surface area contributed by atoms with Crippen LogP contribution in [0.5, 0.6) is 0 Å². The first-order valence-corrected chi connectivity index (χ1v) is 6.95. The molecule has 0 bridgehead atoms. The molecule has 0 N–H and O–H groups in total. The number of imide groups is 1. The third kappa shape index (κ3) is 2.84. The van der Waals surface area contributed by atoms with E-state index in [1.54, 1.807) is 12.1 Å². The standard InChI is InChI=1S/C16H9F3N2O4/c1-8-9(6-7-12(20-8)16(17,18)19)15(24)25-21-13(22)10-4-2-3-5-11(10)14(21)23/h2-7H,1H3. The molecule has 2 heterocycles. The zero-order valence-corrected chi connectivity index (χ0v) is 12.6. The van der Waals surface area contributed by atoms with Crippen LogP contribution in [0, 0.1) is 6.92 Å². The highest BCUT2D eigenvalue weighted by Crippen LogP contribution is 2.29. The van der Waals surface area contributed by atoms with Gasteiger partial charge in [-0.05, 0) is 31.2 Å². The monoisotopic (exact) mass is 350 g/mol. The van der Waals surface area contributed by atoms with E-state index in [0.29, 0.717) is 6.07 Å². The van der Waals surface area contributed by atoms with Crippen molar-refractivity contribution >= 4 is 17.8 Å². The molecule has 0 fully saturated rings. The molecule has 0 aliphatic carbocycles. The van der Waals surface area contributed by atoms with Gasteiger partial charge < -0.3 is 4.84 Å². The van der Waals surface area contributed by atoms with E-state index in [2.05, 4.69) is 4.98 Å². The predicted molar refractivity (Wildman–Crippen MR) is 76.3 cm³/mol. The van der Waals surface area contributed by atoms with Gasteiger partial charge in [-0.25, -0.2) is 9.78 Å². The average Bonchev–Trinajstić information content (AvgIpc) is 2.79. The molecule has 0 spiro atoms. The number of nitrogens with zero attached hydrogens (tertiary/aromatic N) is 2. The van der Waals surface area contributed by atoms with Gasteiger partial charge in [-0.15, -0.1) is 0 Å². The Bertz CT molecular complexity index is 873. The number of hydrogen-bond donors (Lipinski definition) is 0. The summed E-state index contributed by atoms with van der Waals surface area (Å²) in [6.07, 6.45) is -4.66. The molecule has 9 heteroatoms. The van der Waals surface area contributed by atoms with Gasteiger partial charge in [-0.1, -0.05) is 17.2 Å². The van der Waals surface area contributed by atoms with Crippen LogP contribution >= 0.6 is 0 Å². The Hall–Kier alpha value is -3.23. The van der Waals surface area contributed by atoms with Crippen molar-refractivity contribution in [1.29, 1.82) is 0 Å². The Kier molecular flexibility index (Phi) is 3.78. The molecule has 1 aromatic carbocycles. The Morgan fingerprint density at radius 1 is 1.04 bits per heavy atom. The minimum atomic E-state index is -4.66. The Balaban J connectivity index is 1.85. The fourth-order valence-electron chi connectivity index (χ4n) is 2.32. The predicted octanol–water partition coefficient (Wildman–Crippen LogP) is 2.78. The van der Waals surface area contributed by atoms with Gasteiger partial charge in [0.05, 0.1) is 22.4 Å². The zero-order valence-electron chi connectivity index (χ0n) is 12.6. The second kappa shape index (κ2) is 5.69. The molecule has 1 aromatic heterocycles. The van der Waals surface area contributed by atoms with Crippen molar-refractivity contribution in [3.63, 3.8) is 0 Å². The van der Waals surface area contributed by atoms with Crippen LogP contribution in [0.4, 0.5) is 13.2 Å². The van der Waals surface area contributed by atoms with E-state index in [4.69, 9.17) is 4.84 Å². The summed E-state index contributed by atoms with van der Waals surface area (Å²) in [6, 6.07) is 7.37. The van der Waals surface area contributed by atoms with Gasteiger partial charge in [0, 0.05) is 0 Å². The maximum atomic E-state index is 12.6. The maximum Gasteiger partial charge on any atom is 0.433 e. The van der Waals surface area contributed by atoms with E-state index in [1.165, 1.54) is 19.1 Å². The van der Waals surface area contributed by atoms with Crippen molar-refractivity contribution in [2.45, 2.75) is 13.1 Å². The normalized spacial score (nSPS) is 13.8. The lowest BCUT2D eigenvalue weighted by Gasteiger charge is -2.14. The molecule has 128 valence electrons. The molecule has 0 atom stereocenters. The molecule has 2 aromatic rings. The van der Waals surface area contributed by atoms with Crippen LogP contribution in [-0.2, 0) is 11.0 Å². The van der Waals surface area contributed by atoms with Crippen LogP contribution in [0.2, 0.25) is 0 Å². The van der Waals surface area contributed by atoms with E-state index in [-0.39, 0.29) is 27.4 Å². The number of amides is 2. The van der Waals surface area contributed by atoms with E-state index < -0.39 is 29.7 Å². The Morgan fingerprint density at radius 2 is 1.60 bits per heavy atom. The highest BCUT2D eigenvalue weighted by molar-refractivity contribution is 6.21. The minimum Gasteiger partial charge on any atom is -0.324 e. The van der Waals surface area contributed by atoms with Crippen molar-refractivity contribution in [2.24, 2.45) is 0 Å². The van der Waals surface area contributed by atoms with Crippen molar-refractivity contribution in [3.8, 4) is 0 Å². The molecule has 2 amide bonds. The van der Waals surface area contributed by atoms with E-state index in [0.717, 1.165) is 6.07 Å². The highest BCUT2D eigenvalue weighted by atomic mass is 19.4. The van der Waals surface area contributed by atoms with E-state index in [1.807, 2.05) is 0 Å². The number of hydrogen-bond acceptors (Lipinski definition) is 5. The quantitative estimate of drug-likeness (QED) is 0.779. The number of halogens is 3. The summed E-state index contributed by atoms with van der Waals surface area (Å²) in [6.45, 7) is 1.19. The molecule has 1 aliphatic rings. The molecule has 1 aliphatic heterocycles. The number of rotatable bonds is 2. The summed E-state index contributed by atoms with van der Waals surface area (Å²) < 4.78 is 37.8. The molecule has 25 heavy (non-hydrogen) atoms. The van der Waals surface area contributed by atoms with Crippen molar-refractivity contribution < 1.29 is 32.4 Å². The summed E-state index contributed by atoms with van der Waals surface area (Å²) in [5.41, 5.74) is -1.55. The molecule has 0 saturated carbocycles. The molecule has 0 unspecified atom stereocenters. The van der Waals surface area contributed by atoms with Gasteiger partial charge in [0.25, 0.3) is 11.8 Å². The van der Waals surface area contributed by atoms with Crippen LogP contribution in [0.1, 0.15) is 42.5 Å². The molecular formula is C16H9F3N2O4. The van der Waals surface area contributed by atoms with Crippen LogP contribution in [0.25, 0.3) is 0 Å². The number of aromatic nitrogens is 1. The third-order valence-corrected chi connectivity index (χ3v) is 3.53. The summed E-state index contributed by atoms with van der Waals surface area (Å²) in [5.74, 6) is -2.81. The zero-order chi connectivity index (χ0) is 18.4. The number of fused-ring (bicyclic) bond motifs is 1. The van der Waals surface area contributed by atoms with Crippen molar-refractivity contribution in [1.82, 2.24) is 10.0 Å². The number of carbonyl (C=O) groups is 3. The first kappa shape index (κ1) is 16.6. The van der Waals surface area contributed by atoms with Gasteiger partial charge in [-0.2, -0.15) is 13.2 Å². The number of aryl methyl sites for hydroxylation is 1. The van der Waals surface area contributed by atoms with Crippen LogP contribution in [-0.4, -0.2) is 27.8 Å². The SMILES string of the molecule is Cc1nc(C(F)(F)F)ccc1C(=O)ON1C(=O)c2ccccc2C1=O. The fourth-order valence-corrected chi connectivity index (χ4v) is 2.32.